The first kappa shape index (κ1) is 11.9. The van der Waals surface area contributed by atoms with Crippen LogP contribution in [0.15, 0.2) is 6.20 Å². The van der Waals surface area contributed by atoms with E-state index in [-0.39, 0.29) is 0 Å². The number of hydrogen-bond acceptors (Lipinski definition) is 4. The van der Waals surface area contributed by atoms with Crippen molar-refractivity contribution < 1.29 is 0 Å². The van der Waals surface area contributed by atoms with Gasteiger partial charge < -0.3 is 10.2 Å². The van der Waals surface area contributed by atoms with E-state index in [2.05, 4.69) is 29.0 Å². The molecular weight excluding hydrogens is 218 g/mol. The molecule has 1 fully saturated rings. The van der Waals surface area contributed by atoms with Gasteiger partial charge in [-0.1, -0.05) is 13.8 Å². The summed E-state index contributed by atoms with van der Waals surface area (Å²) in [6, 6.07) is 0. The van der Waals surface area contributed by atoms with Crippen molar-refractivity contribution in [3.05, 3.63) is 11.1 Å². The molecule has 4 heteroatoms. The maximum atomic E-state index is 4.53. The van der Waals surface area contributed by atoms with E-state index in [1.54, 1.807) is 0 Å². The predicted octanol–water partition coefficient (Wildman–Crippen LogP) is 2.49. The molecule has 0 atom stereocenters. The van der Waals surface area contributed by atoms with Gasteiger partial charge in [0.1, 0.15) is 0 Å². The summed E-state index contributed by atoms with van der Waals surface area (Å²) in [5.74, 6) is 0. The van der Waals surface area contributed by atoms with Gasteiger partial charge in [0.05, 0.1) is 0 Å². The Kier molecular flexibility index (Phi) is 3.50. The molecule has 0 aromatic carbocycles. The smallest absolute Gasteiger partial charge is 0.185 e. The fourth-order valence-electron chi connectivity index (χ4n) is 2.29. The molecule has 90 valence electrons. The zero-order valence-electron chi connectivity index (χ0n) is 10.4. The Balaban J connectivity index is 2.05. The molecule has 16 heavy (non-hydrogen) atoms. The van der Waals surface area contributed by atoms with Gasteiger partial charge in [-0.05, 0) is 25.3 Å². The van der Waals surface area contributed by atoms with Crippen LogP contribution < -0.4 is 10.2 Å². The highest BCUT2D eigenvalue weighted by Crippen LogP contribution is 2.33. The van der Waals surface area contributed by atoms with E-state index in [9.17, 15) is 0 Å². The molecule has 1 saturated heterocycles. The molecule has 2 heterocycles. The molecule has 0 unspecified atom stereocenters. The lowest BCUT2D eigenvalue weighted by atomic mass is 9.84. The average Bonchev–Trinajstić information content (AvgIpc) is 2.65. The summed E-state index contributed by atoms with van der Waals surface area (Å²) in [6.07, 6.45) is 4.62. The van der Waals surface area contributed by atoms with E-state index < -0.39 is 0 Å². The first-order valence-electron chi connectivity index (χ1n) is 5.95. The lowest BCUT2D eigenvalue weighted by Gasteiger charge is -2.37. The molecule has 1 aromatic rings. The van der Waals surface area contributed by atoms with Gasteiger partial charge in [0, 0.05) is 30.7 Å². The third-order valence-electron chi connectivity index (χ3n) is 3.06. The zero-order valence-corrected chi connectivity index (χ0v) is 11.2. The summed E-state index contributed by atoms with van der Waals surface area (Å²) in [4.78, 5) is 8.29. The highest BCUT2D eigenvalue weighted by molar-refractivity contribution is 7.15. The number of nitrogens with zero attached hydrogens (tertiary/aromatic N) is 2. The number of anilines is 1. The SMILES string of the molecule is CNCc1cnc(N2CCCC(C)(C)C2)s1. The average molecular weight is 239 g/mol. The summed E-state index contributed by atoms with van der Waals surface area (Å²) in [5.41, 5.74) is 0.438. The van der Waals surface area contributed by atoms with Gasteiger partial charge in [0.25, 0.3) is 0 Å². The van der Waals surface area contributed by atoms with Crippen molar-refractivity contribution in [2.75, 3.05) is 25.0 Å². The van der Waals surface area contributed by atoms with E-state index in [1.165, 1.54) is 22.9 Å². The quantitative estimate of drug-likeness (QED) is 0.878. The van der Waals surface area contributed by atoms with Crippen molar-refractivity contribution in [2.45, 2.75) is 33.2 Å². The van der Waals surface area contributed by atoms with Crippen molar-refractivity contribution in [1.82, 2.24) is 10.3 Å². The zero-order chi connectivity index (χ0) is 11.6. The minimum Gasteiger partial charge on any atom is -0.348 e. The van der Waals surface area contributed by atoms with Crippen LogP contribution in [0, 0.1) is 5.41 Å². The molecule has 0 aliphatic carbocycles. The second kappa shape index (κ2) is 4.72. The Hall–Kier alpha value is -0.610. The first-order chi connectivity index (χ1) is 7.61. The van der Waals surface area contributed by atoms with Crippen LogP contribution in [0.1, 0.15) is 31.6 Å². The topological polar surface area (TPSA) is 28.2 Å². The highest BCUT2D eigenvalue weighted by atomic mass is 32.1. The molecule has 0 radical (unpaired) electrons. The van der Waals surface area contributed by atoms with Crippen LogP contribution in [-0.2, 0) is 6.54 Å². The van der Waals surface area contributed by atoms with Gasteiger partial charge in [-0.2, -0.15) is 0 Å². The molecule has 0 saturated carbocycles. The molecule has 0 bridgehead atoms. The summed E-state index contributed by atoms with van der Waals surface area (Å²) in [7, 11) is 1.98. The van der Waals surface area contributed by atoms with Crippen molar-refractivity contribution in [1.29, 1.82) is 0 Å². The van der Waals surface area contributed by atoms with Gasteiger partial charge in [0.15, 0.2) is 5.13 Å². The fourth-order valence-corrected chi connectivity index (χ4v) is 3.23. The van der Waals surface area contributed by atoms with Crippen molar-refractivity contribution in [3.8, 4) is 0 Å². The maximum absolute atomic E-state index is 4.53. The van der Waals surface area contributed by atoms with Crippen LogP contribution in [0.25, 0.3) is 0 Å². The fraction of sp³-hybridized carbons (Fsp3) is 0.750. The number of nitrogens with one attached hydrogen (secondary N) is 1. The second-order valence-electron chi connectivity index (χ2n) is 5.33. The number of thiazole rings is 1. The Morgan fingerprint density at radius 2 is 2.38 bits per heavy atom. The molecule has 1 aliphatic heterocycles. The van der Waals surface area contributed by atoms with Crippen LogP contribution in [0.5, 0.6) is 0 Å². The minimum atomic E-state index is 0.438. The summed E-state index contributed by atoms with van der Waals surface area (Å²) in [6.45, 7) is 7.92. The maximum Gasteiger partial charge on any atom is 0.185 e. The Bertz CT molecular complexity index is 346. The molecule has 1 aromatic heterocycles. The number of piperidine rings is 1. The Labute approximate surface area is 102 Å². The Morgan fingerprint density at radius 1 is 1.56 bits per heavy atom. The van der Waals surface area contributed by atoms with E-state index >= 15 is 0 Å². The van der Waals surface area contributed by atoms with Crippen molar-refractivity contribution >= 4 is 16.5 Å². The van der Waals surface area contributed by atoms with Crippen molar-refractivity contribution in [3.63, 3.8) is 0 Å². The minimum absolute atomic E-state index is 0.438. The molecule has 0 spiro atoms. The lowest BCUT2D eigenvalue weighted by molar-refractivity contribution is 0.293. The van der Waals surface area contributed by atoms with Gasteiger partial charge in [-0.3, -0.25) is 0 Å². The van der Waals surface area contributed by atoms with Crippen LogP contribution in [0.3, 0.4) is 0 Å². The predicted molar refractivity (Wildman–Crippen MR) is 70.1 cm³/mol. The van der Waals surface area contributed by atoms with Crippen LogP contribution in [-0.4, -0.2) is 25.1 Å². The highest BCUT2D eigenvalue weighted by Gasteiger charge is 2.27. The van der Waals surface area contributed by atoms with Gasteiger partial charge >= 0.3 is 0 Å². The Morgan fingerprint density at radius 3 is 3.06 bits per heavy atom. The number of rotatable bonds is 3. The lowest BCUT2D eigenvalue weighted by Crippen LogP contribution is -2.39. The molecule has 2 rings (SSSR count). The third kappa shape index (κ3) is 2.74. The van der Waals surface area contributed by atoms with Crippen molar-refractivity contribution in [2.24, 2.45) is 5.41 Å². The molecule has 0 amide bonds. The van der Waals surface area contributed by atoms with E-state index in [4.69, 9.17) is 0 Å². The number of aromatic nitrogens is 1. The number of hydrogen-bond donors (Lipinski definition) is 1. The molecule has 3 nitrogen and oxygen atoms in total. The largest absolute Gasteiger partial charge is 0.348 e. The molecule has 1 aliphatic rings. The third-order valence-corrected chi connectivity index (χ3v) is 4.12. The van der Waals surface area contributed by atoms with E-state index in [0.29, 0.717) is 5.41 Å². The van der Waals surface area contributed by atoms with Crippen LogP contribution >= 0.6 is 11.3 Å². The summed E-state index contributed by atoms with van der Waals surface area (Å²) in [5, 5.41) is 4.36. The normalized spacial score (nSPS) is 20.1. The summed E-state index contributed by atoms with van der Waals surface area (Å²) < 4.78 is 0. The van der Waals surface area contributed by atoms with E-state index in [1.807, 2.05) is 24.6 Å². The van der Waals surface area contributed by atoms with Gasteiger partial charge in [-0.15, -0.1) is 11.3 Å². The van der Waals surface area contributed by atoms with Gasteiger partial charge in [0.2, 0.25) is 0 Å². The first-order valence-corrected chi connectivity index (χ1v) is 6.77. The van der Waals surface area contributed by atoms with Crippen LogP contribution in [0.4, 0.5) is 5.13 Å². The van der Waals surface area contributed by atoms with E-state index in [0.717, 1.165) is 19.6 Å². The molecular formula is C12H21N3S. The summed E-state index contributed by atoms with van der Waals surface area (Å²) >= 11 is 1.82. The second-order valence-corrected chi connectivity index (χ2v) is 6.42. The standard InChI is InChI=1S/C12H21N3S/c1-12(2)5-4-6-15(9-12)11-14-8-10(16-11)7-13-3/h8,13H,4-7,9H2,1-3H3. The van der Waals surface area contributed by atoms with Gasteiger partial charge in [-0.25, -0.2) is 4.98 Å². The van der Waals surface area contributed by atoms with Crippen LogP contribution in [0.2, 0.25) is 0 Å². The monoisotopic (exact) mass is 239 g/mol. The molecule has 1 N–H and O–H groups in total.